The normalized spacial score (nSPS) is 17.1. The Balaban J connectivity index is 1.57. The van der Waals surface area contributed by atoms with Gasteiger partial charge in [0.05, 0.1) is 13.2 Å². The Morgan fingerprint density at radius 2 is 2.15 bits per heavy atom. The molecule has 1 fully saturated rings. The molecule has 2 aliphatic rings. The molecule has 2 heterocycles. The topological polar surface area (TPSA) is 41.6 Å². The highest BCUT2D eigenvalue weighted by Gasteiger charge is 2.19. The van der Waals surface area contributed by atoms with Crippen molar-refractivity contribution in [1.29, 1.82) is 0 Å². The van der Waals surface area contributed by atoms with Crippen LogP contribution in [0.4, 0.5) is 0 Å². The number of nitrogens with zero attached hydrogens (tertiary/aromatic N) is 1. The lowest BCUT2D eigenvalue weighted by Crippen LogP contribution is -2.36. The van der Waals surface area contributed by atoms with Crippen molar-refractivity contribution in [2.45, 2.75) is 25.8 Å². The first kappa shape index (κ1) is 13.9. The zero-order valence-corrected chi connectivity index (χ0v) is 13.0. The first-order valence-corrected chi connectivity index (χ1v) is 7.96. The molecule has 2 aliphatic heterocycles. The molecule has 0 aliphatic carbocycles. The number of hydrogen-bond donors (Lipinski definition) is 1. The average Bonchev–Trinajstić information content (AvgIpc) is 3.09. The molecule has 1 aromatic rings. The molecule has 0 aromatic heterocycles. The molecule has 1 saturated heterocycles. The van der Waals surface area contributed by atoms with E-state index in [4.69, 9.17) is 4.74 Å². The molecule has 0 bridgehead atoms. The minimum Gasteiger partial charge on any atom is -0.493 e. The number of likely N-dealkylation sites (tertiary alicyclic amines) is 1. The van der Waals surface area contributed by atoms with Gasteiger partial charge in [-0.2, -0.15) is 0 Å². The number of amides is 1. The maximum Gasteiger partial charge on any atom is 0.236 e. The quantitative estimate of drug-likeness (QED) is 0.913. The molecule has 108 valence electrons. The van der Waals surface area contributed by atoms with E-state index in [0.717, 1.165) is 54.7 Å². The van der Waals surface area contributed by atoms with E-state index in [1.165, 1.54) is 5.56 Å². The highest BCUT2D eigenvalue weighted by molar-refractivity contribution is 9.10. The van der Waals surface area contributed by atoms with Crippen LogP contribution in [0.2, 0.25) is 0 Å². The van der Waals surface area contributed by atoms with Crippen molar-refractivity contribution in [3.8, 4) is 5.75 Å². The number of rotatable bonds is 4. The zero-order chi connectivity index (χ0) is 13.9. The lowest BCUT2D eigenvalue weighted by Gasteiger charge is -2.16. The maximum atomic E-state index is 12.0. The van der Waals surface area contributed by atoms with Crippen LogP contribution in [0.25, 0.3) is 0 Å². The van der Waals surface area contributed by atoms with Gasteiger partial charge in [0, 0.05) is 36.1 Å². The molecule has 1 N–H and O–H groups in total. The van der Waals surface area contributed by atoms with E-state index in [0.29, 0.717) is 13.1 Å². The minimum atomic E-state index is 0.204. The summed E-state index contributed by atoms with van der Waals surface area (Å²) in [6, 6.07) is 4.18. The molecule has 0 spiro atoms. The second kappa shape index (κ2) is 6.14. The summed E-state index contributed by atoms with van der Waals surface area (Å²) in [5.41, 5.74) is 2.38. The zero-order valence-electron chi connectivity index (χ0n) is 11.5. The summed E-state index contributed by atoms with van der Waals surface area (Å²) in [4.78, 5) is 13.9. The molecule has 0 radical (unpaired) electrons. The standard InChI is InChI=1S/C15H19BrN2O2/c16-13-7-11-3-6-20-15(11)12(8-13)9-17-10-14(19)18-4-1-2-5-18/h7-8,17H,1-6,9-10H2. The van der Waals surface area contributed by atoms with Crippen LogP contribution in [-0.4, -0.2) is 37.0 Å². The molecule has 1 aromatic carbocycles. The second-order valence-electron chi connectivity index (χ2n) is 5.34. The Bertz CT molecular complexity index is 513. The van der Waals surface area contributed by atoms with Crippen molar-refractivity contribution >= 4 is 21.8 Å². The summed E-state index contributed by atoms with van der Waals surface area (Å²) in [7, 11) is 0. The highest BCUT2D eigenvalue weighted by atomic mass is 79.9. The van der Waals surface area contributed by atoms with E-state index in [9.17, 15) is 4.79 Å². The first-order valence-electron chi connectivity index (χ1n) is 7.16. The number of benzene rings is 1. The van der Waals surface area contributed by atoms with E-state index in [-0.39, 0.29) is 5.91 Å². The van der Waals surface area contributed by atoms with Gasteiger partial charge in [-0.05, 0) is 30.5 Å². The van der Waals surface area contributed by atoms with Crippen molar-refractivity contribution in [2.75, 3.05) is 26.2 Å². The lowest BCUT2D eigenvalue weighted by molar-refractivity contribution is -0.129. The van der Waals surface area contributed by atoms with Crippen molar-refractivity contribution in [1.82, 2.24) is 10.2 Å². The van der Waals surface area contributed by atoms with E-state index in [2.05, 4.69) is 33.4 Å². The predicted molar refractivity (Wildman–Crippen MR) is 80.9 cm³/mol. The van der Waals surface area contributed by atoms with Crippen LogP contribution < -0.4 is 10.1 Å². The molecule has 0 atom stereocenters. The monoisotopic (exact) mass is 338 g/mol. The first-order chi connectivity index (χ1) is 9.74. The third-order valence-corrected chi connectivity index (χ3v) is 4.33. The number of hydrogen-bond acceptors (Lipinski definition) is 3. The van der Waals surface area contributed by atoms with Gasteiger partial charge in [-0.15, -0.1) is 0 Å². The minimum absolute atomic E-state index is 0.204. The van der Waals surface area contributed by atoms with Gasteiger partial charge in [0.15, 0.2) is 0 Å². The van der Waals surface area contributed by atoms with E-state index in [1.54, 1.807) is 0 Å². The molecular formula is C15H19BrN2O2. The summed E-state index contributed by atoms with van der Waals surface area (Å²) < 4.78 is 6.76. The molecule has 1 amide bonds. The third kappa shape index (κ3) is 2.99. The Morgan fingerprint density at radius 1 is 1.35 bits per heavy atom. The number of carbonyl (C=O) groups is 1. The lowest BCUT2D eigenvalue weighted by atomic mass is 10.1. The Labute approximate surface area is 127 Å². The van der Waals surface area contributed by atoms with Gasteiger partial charge >= 0.3 is 0 Å². The molecule has 0 saturated carbocycles. The van der Waals surface area contributed by atoms with Gasteiger partial charge in [-0.1, -0.05) is 15.9 Å². The van der Waals surface area contributed by atoms with Crippen molar-refractivity contribution in [3.05, 3.63) is 27.7 Å². The van der Waals surface area contributed by atoms with Crippen molar-refractivity contribution in [3.63, 3.8) is 0 Å². The Kier molecular flexibility index (Phi) is 4.27. The number of fused-ring (bicyclic) bond motifs is 1. The fourth-order valence-corrected chi connectivity index (χ4v) is 3.41. The molecule has 3 rings (SSSR count). The molecule has 5 heteroatoms. The van der Waals surface area contributed by atoms with Crippen LogP contribution in [0.3, 0.4) is 0 Å². The van der Waals surface area contributed by atoms with Gasteiger partial charge in [0.2, 0.25) is 5.91 Å². The molecule has 4 nitrogen and oxygen atoms in total. The van der Waals surface area contributed by atoms with Crippen LogP contribution in [0, 0.1) is 0 Å². The molecular weight excluding hydrogens is 320 g/mol. The Morgan fingerprint density at radius 3 is 2.95 bits per heavy atom. The number of ether oxygens (including phenoxy) is 1. The van der Waals surface area contributed by atoms with Gasteiger partial charge in [0.25, 0.3) is 0 Å². The maximum absolute atomic E-state index is 12.0. The third-order valence-electron chi connectivity index (χ3n) is 3.88. The van der Waals surface area contributed by atoms with Gasteiger partial charge < -0.3 is 15.0 Å². The van der Waals surface area contributed by atoms with Crippen LogP contribution in [0.5, 0.6) is 5.75 Å². The fourth-order valence-electron chi connectivity index (χ4n) is 2.86. The fraction of sp³-hybridized carbons (Fsp3) is 0.533. The average molecular weight is 339 g/mol. The largest absolute Gasteiger partial charge is 0.493 e. The van der Waals surface area contributed by atoms with Gasteiger partial charge in [-0.3, -0.25) is 4.79 Å². The second-order valence-corrected chi connectivity index (χ2v) is 6.26. The van der Waals surface area contributed by atoms with Gasteiger partial charge in [0.1, 0.15) is 5.75 Å². The van der Waals surface area contributed by atoms with E-state index >= 15 is 0 Å². The highest BCUT2D eigenvalue weighted by Crippen LogP contribution is 2.32. The van der Waals surface area contributed by atoms with E-state index in [1.807, 2.05) is 4.90 Å². The summed E-state index contributed by atoms with van der Waals surface area (Å²) in [5, 5.41) is 3.24. The molecule has 0 unspecified atom stereocenters. The SMILES string of the molecule is O=C(CNCc1cc(Br)cc2c1OCC2)N1CCCC1. The van der Waals surface area contributed by atoms with Crippen LogP contribution in [0.1, 0.15) is 24.0 Å². The van der Waals surface area contributed by atoms with E-state index < -0.39 is 0 Å². The number of halogens is 1. The predicted octanol–water partition coefficient (Wildman–Crippen LogP) is 2.10. The summed E-state index contributed by atoms with van der Waals surface area (Å²) >= 11 is 3.53. The van der Waals surface area contributed by atoms with Crippen molar-refractivity contribution in [2.24, 2.45) is 0 Å². The van der Waals surface area contributed by atoms with Crippen molar-refractivity contribution < 1.29 is 9.53 Å². The van der Waals surface area contributed by atoms with Crippen LogP contribution >= 0.6 is 15.9 Å². The van der Waals surface area contributed by atoms with Gasteiger partial charge in [-0.25, -0.2) is 0 Å². The smallest absolute Gasteiger partial charge is 0.236 e. The summed E-state index contributed by atoms with van der Waals surface area (Å²) in [5.74, 6) is 1.20. The molecule has 20 heavy (non-hydrogen) atoms. The van der Waals surface area contributed by atoms with Crippen LogP contribution in [0.15, 0.2) is 16.6 Å². The number of nitrogens with one attached hydrogen (secondary N) is 1. The summed E-state index contributed by atoms with van der Waals surface area (Å²) in [6.07, 6.45) is 3.24. The summed E-state index contributed by atoms with van der Waals surface area (Å²) in [6.45, 7) is 3.65. The van der Waals surface area contributed by atoms with Crippen LogP contribution in [-0.2, 0) is 17.8 Å². The Hall–Kier alpha value is -1.07. The number of carbonyl (C=O) groups excluding carboxylic acids is 1.